The molecule has 0 spiro atoms. The number of amides is 3. The zero-order valence-electron chi connectivity index (χ0n) is 15.3. The lowest BCUT2D eigenvalue weighted by Gasteiger charge is -2.33. The van der Waals surface area contributed by atoms with E-state index in [1.165, 1.54) is 12.4 Å². The zero-order chi connectivity index (χ0) is 19.4. The number of rotatable bonds is 5. The molecule has 1 atom stereocenters. The first kappa shape index (κ1) is 19.2. The molecule has 0 unspecified atom stereocenters. The molecule has 146 valence electrons. The van der Waals surface area contributed by atoms with Crippen molar-refractivity contribution in [2.24, 2.45) is 17.4 Å². The highest BCUT2D eigenvalue weighted by Crippen LogP contribution is 2.28. The van der Waals surface area contributed by atoms with Gasteiger partial charge in [0.25, 0.3) is 11.8 Å². The molecule has 1 aliphatic heterocycles. The number of aromatic nitrogens is 2. The average Bonchev–Trinajstić information content (AvgIpc) is 3.22. The Bertz CT molecular complexity index is 711. The van der Waals surface area contributed by atoms with Crippen LogP contribution in [0.5, 0.6) is 0 Å². The Balaban J connectivity index is 1.53. The molecule has 0 radical (unpaired) electrons. The maximum Gasteiger partial charge on any atom is 0.272 e. The van der Waals surface area contributed by atoms with Crippen molar-refractivity contribution in [2.45, 2.75) is 50.6 Å². The van der Waals surface area contributed by atoms with Gasteiger partial charge in [0.1, 0.15) is 0 Å². The van der Waals surface area contributed by atoms with Crippen molar-refractivity contribution < 1.29 is 14.4 Å². The standard InChI is InChI=1S/C18H26N6O3/c19-13(18(27)24-9-1-2-10-24)11-3-5-12(6-4-11)23-17(26)15-14(16(20)25)21-7-8-22-15/h7-8,11-13H,1-6,9-10,19H2,(H2,20,25)(H,23,26)/t11?,12?,13-/m0/s1. The average molecular weight is 374 g/mol. The molecule has 0 aromatic carbocycles. The van der Waals surface area contributed by atoms with E-state index in [1.54, 1.807) is 0 Å². The number of hydrogen-bond acceptors (Lipinski definition) is 6. The molecule has 9 nitrogen and oxygen atoms in total. The molecule has 3 rings (SSSR count). The summed E-state index contributed by atoms with van der Waals surface area (Å²) in [6, 6.07) is -0.522. The Kier molecular flexibility index (Phi) is 6.00. The summed E-state index contributed by atoms with van der Waals surface area (Å²) in [6.07, 6.45) is 7.76. The lowest BCUT2D eigenvalue weighted by Crippen LogP contribution is -2.49. The fourth-order valence-electron chi connectivity index (χ4n) is 3.91. The van der Waals surface area contributed by atoms with Crippen molar-refractivity contribution in [3.05, 3.63) is 23.8 Å². The maximum absolute atomic E-state index is 12.5. The van der Waals surface area contributed by atoms with E-state index in [0.29, 0.717) is 0 Å². The molecule has 3 amide bonds. The Morgan fingerprint density at radius 3 is 2.22 bits per heavy atom. The number of nitrogens with one attached hydrogen (secondary N) is 1. The molecule has 2 fully saturated rings. The largest absolute Gasteiger partial charge is 0.364 e. The lowest BCUT2D eigenvalue weighted by atomic mass is 9.81. The van der Waals surface area contributed by atoms with Gasteiger partial charge in [-0.2, -0.15) is 0 Å². The van der Waals surface area contributed by atoms with Gasteiger partial charge >= 0.3 is 0 Å². The quantitative estimate of drug-likeness (QED) is 0.652. The fraction of sp³-hybridized carbons (Fsp3) is 0.611. The van der Waals surface area contributed by atoms with Crippen LogP contribution in [-0.2, 0) is 4.79 Å². The second-order valence-electron chi connectivity index (χ2n) is 7.26. The minimum Gasteiger partial charge on any atom is -0.364 e. The summed E-state index contributed by atoms with van der Waals surface area (Å²) in [5.74, 6) is -1.07. The highest BCUT2D eigenvalue weighted by Gasteiger charge is 2.33. The highest BCUT2D eigenvalue weighted by atomic mass is 16.2. The minimum atomic E-state index is -0.789. The number of nitrogens with zero attached hydrogens (tertiary/aromatic N) is 3. The van der Waals surface area contributed by atoms with Crippen LogP contribution in [0, 0.1) is 5.92 Å². The van der Waals surface area contributed by atoms with E-state index in [9.17, 15) is 14.4 Å². The van der Waals surface area contributed by atoms with Gasteiger partial charge in [-0.25, -0.2) is 9.97 Å². The van der Waals surface area contributed by atoms with E-state index >= 15 is 0 Å². The van der Waals surface area contributed by atoms with Crippen molar-refractivity contribution >= 4 is 17.7 Å². The molecule has 1 saturated heterocycles. The van der Waals surface area contributed by atoms with E-state index in [-0.39, 0.29) is 29.3 Å². The number of likely N-dealkylation sites (tertiary alicyclic amines) is 1. The zero-order valence-corrected chi connectivity index (χ0v) is 15.3. The summed E-state index contributed by atoms with van der Waals surface area (Å²) in [7, 11) is 0. The van der Waals surface area contributed by atoms with Crippen LogP contribution in [0.3, 0.4) is 0 Å². The molecule has 0 bridgehead atoms. The Hall–Kier alpha value is -2.55. The van der Waals surface area contributed by atoms with Crippen LogP contribution in [0.1, 0.15) is 59.5 Å². The Morgan fingerprint density at radius 1 is 1.04 bits per heavy atom. The van der Waals surface area contributed by atoms with E-state index in [4.69, 9.17) is 11.5 Å². The molecule has 27 heavy (non-hydrogen) atoms. The third-order valence-corrected chi connectivity index (χ3v) is 5.46. The van der Waals surface area contributed by atoms with Crippen molar-refractivity contribution in [2.75, 3.05) is 13.1 Å². The van der Waals surface area contributed by atoms with Gasteiger partial charge < -0.3 is 21.7 Å². The fourth-order valence-corrected chi connectivity index (χ4v) is 3.91. The molecule has 9 heteroatoms. The van der Waals surface area contributed by atoms with Gasteiger partial charge in [-0.3, -0.25) is 14.4 Å². The number of nitrogens with two attached hydrogens (primary N) is 2. The smallest absolute Gasteiger partial charge is 0.272 e. The van der Waals surface area contributed by atoms with Gasteiger partial charge in [0.2, 0.25) is 5.91 Å². The van der Waals surface area contributed by atoms with Gasteiger partial charge in [-0.05, 0) is 44.4 Å². The third-order valence-electron chi connectivity index (χ3n) is 5.46. The van der Waals surface area contributed by atoms with E-state index in [1.807, 2.05) is 4.90 Å². The van der Waals surface area contributed by atoms with Crippen LogP contribution in [-0.4, -0.2) is 57.8 Å². The summed E-state index contributed by atoms with van der Waals surface area (Å²) < 4.78 is 0. The van der Waals surface area contributed by atoms with Gasteiger partial charge in [0.05, 0.1) is 6.04 Å². The predicted molar refractivity (Wildman–Crippen MR) is 97.6 cm³/mol. The Morgan fingerprint density at radius 2 is 1.63 bits per heavy atom. The van der Waals surface area contributed by atoms with Crippen LogP contribution in [0.15, 0.2) is 12.4 Å². The topological polar surface area (TPSA) is 144 Å². The molecule has 1 aromatic heterocycles. The molecule has 1 aliphatic carbocycles. The SMILES string of the molecule is NC(=O)c1nccnc1C(=O)NC1CCC([C@H](N)C(=O)N2CCCC2)CC1. The first-order chi connectivity index (χ1) is 13.0. The number of primary amides is 1. The molecule has 1 aromatic rings. The van der Waals surface area contributed by atoms with Crippen molar-refractivity contribution in [3.8, 4) is 0 Å². The second kappa shape index (κ2) is 8.43. The molecule has 2 heterocycles. The molecule has 2 aliphatic rings. The minimum absolute atomic E-state index is 0.0469. The predicted octanol–water partition coefficient (Wildman–Crippen LogP) is -0.186. The third kappa shape index (κ3) is 4.41. The number of carbonyl (C=O) groups is 3. The molecular weight excluding hydrogens is 348 g/mol. The first-order valence-corrected chi connectivity index (χ1v) is 9.43. The van der Waals surface area contributed by atoms with Crippen LogP contribution in [0.4, 0.5) is 0 Å². The molecule has 1 saturated carbocycles. The van der Waals surface area contributed by atoms with E-state index < -0.39 is 17.9 Å². The van der Waals surface area contributed by atoms with Crippen LogP contribution in [0.2, 0.25) is 0 Å². The summed E-state index contributed by atoms with van der Waals surface area (Å²) in [5, 5.41) is 2.89. The van der Waals surface area contributed by atoms with Crippen LogP contribution >= 0.6 is 0 Å². The highest BCUT2D eigenvalue weighted by molar-refractivity contribution is 6.04. The second-order valence-corrected chi connectivity index (χ2v) is 7.26. The van der Waals surface area contributed by atoms with E-state index in [0.717, 1.165) is 51.6 Å². The maximum atomic E-state index is 12.5. The van der Waals surface area contributed by atoms with Gasteiger partial charge in [0, 0.05) is 31.5 Å². The lowest BCUT2D eigenvalue weighted by molar-refractivity contribution is -0.133. The van der Waals surface area contributed by atoms with Crippen LogP contribution in [0.25, 0.3) is 0 Å². The summed E-state index contributed by atoms with van der Waals surface area (Å²) in [5.41, 5.74) is 11.3. The van der Waals surface area contributed by atoms with E-state index in [2.05, 4.69) is 15.3 Å². The van der Waals surface area contributed by atoms with Gasteiger partial charge in [-0.15, -0.1) is 0 Å². The molecular formula is C18H26N6O3. The monoisotopic (exact) mass is 374 g/mol. The van der Waals surface area contributed by atoms with Crippen molar-refractivity contribution in [1.82, 2.24) is 20.2 Å². The van der Waals surface area contributed by atoms with Crippen LogP contribution < -0.4 is 16.8 Å². The van der Waals surface area contributed by atoms with Crippen molar-refractivity contribution in [3.63, 3.8) is 0 Å². The summed E-state index contributed by atoms with van der Waals surface area (Å²) in [4.78, 5) is 45.9. The van der Waals surface area contributed by atoms with Crippen molar-refractivity contribution in [1.29, 1.82) is 0 Å². The Labute approximate surface area is 157 Å². The summed E-state index contributed by atoms with van der Waals surface area (Å²) >= 11 is 0. The normalized spacial score (nSPS) is 23.7. The summed E-state index contributed by atoms with van der Waals surface area (Å²) in [6.45, 7) is 1.61. The number of hydrogen-bond donors (Lipinski definition) is 3. The number of carbonyl (C=O) groups excluding carboxylic acids is 3. The first-order valence-electron chi connectivity index (χ1n) is 9.43. The molecule has 5 N–H and O–H groups in total. The van der Waals surface area contributed by atoms with Gasteiger partial charge in [0.15, 0.2) is 11.4 Å². The van der Waals surface area contributed by atoms with Gasteiger partial charge in [-0.1, -0.05) is 0 Å².